The van der Waals surface area contributed by atoms with Crippen LogP contribution in [0.1, 0.15) is 12.5 Å². The summed E-state index contributed by atoms with van der Waals surface area (Å²) < 4.78 is 5.05. The Bertz CT molecular complexity index is 258. The maximum Gasteiger partial charge on any atom is 0.219 e. The predicted octanol–water partition coefficient (Wildman–Crippen LogP) is 1.25. The molecule has 0 bridgehead atoms. The van der Waals surface area contributed by atoms with E-state index in [0.29, 0.717) is 0 Å². The lowest BCUT2D eigenvalue weighted by molar-refractivity contribution is 0.0333. The van der Waals surface area contributed by atoms with Crippen LogP contribution < -0.4 is 0 Å². The minimum Gasteiger partial charge on any atom is -0.360 e. The van der Waals surface area contributed by atoms with Gasteiger partial charge in [0, 0.05) is 5.56 Å². The van der Waals surface area contributed by atoms with Crippen LogP contribution in [-0.2, 0) is 10.5 Å². The molecule has 2 nitrogen and oxygen atoms in total. The highest BCUT2D eigenvalue weighted by atomic mass is 16.7. The van der Waals surface area contributed by atoms with Crippen molar-refractivity contribution in [2.24, 2.45) is 0 Å². The van der Waals surface area contributed by atoms with Gasteiger partial charge in [-0.2, -0.15) is 0 Å². The van der Waals surface area contributed by atoms with Gasteiger partial charge in [-0.3, -0.25) is 0 Å². The Morgan fingerprint density at radius 1 is 1.36 bits per heavy atom. The Hall–Kier alpha value is -0.860. The number of epoxide rings is 1. The summed E-state index contributed by atoms with van der Waals surface area (Å²) >= 11 is 0. The fourth-order valence-electron chi connectivity index (χ4n) is 1.22. The standard InChI is InChI=1S/C9H10O2/c1-7-9(10,11-7)8-5-3-2-4-6-8/h2-7,10H,1H3. The average molecular weight is 150 g/mol. The molecule has 2 heteroatoms. The molecule has 2 atom stereocenters. The van der Waals surface area contributed by atoms with Crippen molar-refractivity contribution < 1.29 is 9.84 Å². The Kier molecular flexibility index (Phi) is 1.28. The highest BCUT2D eigenvalue weighted by Gasteiger charge is 2.53. The number of hydrogen-bond donors (Lipinski definition) is 1. The molecule has 2 rings (SSSR count). The molecule has 58 valence electrons. The molecule has 0 radical (unpaired) electrons. The maximum atomic E-state index is 9.65. The van der Waals surface area contributed by atoms with E-state index in [4.69, 9.17) is 4.74 Å². The van der Waals surface area contributed by atoms with Crippen molar-refractivity contribution in [1.82, 2.24) is 0 Å². The fraction of sp³-hybridized carbons (Fsp3) is 0.333. The van der Waals surface area contributed by atoms with E-state index in [2.05, 4.69) is 0 Å². The van der Waals surface area contributed by atoms with Gasteiger partial charge in [0.2, 0.25) is 5.79 Å². The smallest absolute Gasteiger partial charge is 0.219 e. The fourth-order valence-corrected chi connectivity index (χ4v) is 1.22. The predicted molar refractivity (Wildman–Crippen MR) is 40.9 cm³/mol. The largest absolute Gasteiger partial charge is 0.360 e. The van der Waals surface area contributed by atoms with E-state index in [9.17, 15) is 5.11 Å². The van der Waals surface area contributed by atoms with Gasteiger partial charge in [0.15, 0.2) is 0 Å². The first-order chi connectivity index (χ1) is 5.23. The summed E-state index contributed by atoms with van der Waals surface area (Å²) in [5.74, 6) is -0.999. The zero-order valence-electron chi connectivity index (χ0n) is 6.32. The van der Waals surface area contributed by atoms with Crippen LogP contribution in [-0.4, -0.2) is 11.2 Å². The van der Waals surface area contributed by atoms with Crippen LogP contribution in [0.4, 0.5) is 0 Å². The molecule has 0 saturated carbocycles. The van der Waals surface area contributed by atoms with Gasteiger partial charge < -0.3 is 9.84 Å². The molecule has 0 aromatic heterocycles. The summed E-state index contributed by atoms with van der Waals surface area (Å²) in [7, 11) is 0. The molecule has 11 heavy (non-hydrogen) atoms. The average Bonchev–Trinajstić information content (AvgIpc) is 2.64. The third-order valence-electron chi connectivity index (χ3n) is 2.04. The van der Waals surface area contributed by atoms with Gasteiger partial charge in [-0.15, -0.1) is 0 Å². The summed E-state index contributed by atoms with van der Waals surface area (Å²) in [6.07, 6.45) is -0.0649. The van der Waals surface area contributed by atoms with Gasteiger partial charge in [0.1, 0.15) is 6.10 Å². The van der Waals surface area contributed by atoms with Crippen molar-refractivity contribution in [2.75, 3.05) is 0 Å². The van der Waals surface area contributed by atoms with Crippen molar-refractivity contribution in [3.8, 4) is 0 Å². The lowest BCUT2D eigenvalue weighted by atomic mass is 10.1. The van der Waals surface area contributed by atoms with Gasteiger partial charge >= 0.3 is 0 Å². The van der Waals surface area contributed by atoms with Crippen LogP contribution in [0.2, 0.25) is 0 Å². The Labute approximate surface area is 65.4 Å². The molecule has 1 saturated heterocycles. The van der Waals surface area contributed by atoms with E-state index in [1.54, 1.807) is 0 Å². The molecule has 1 heterocycles. The normalized spacial score (nSPS) is 35.3. The van der Waals surface area contributed by atoms with Crippen molar-refractivity contribution in [1.29, 1.82) is 0 Å². The second kappa shape index (κ2) is 2.06. The summed E-state index contributed by atoms with van der Waals surface area (Å²) in [5.41, 5.74) is 0.840. The van der Waals surface area contributed by atoms with Crippen LogP contribution in [0.25, 0.3) is 0 Å². The molecular formula is C9H10O2. The second-order valence-electron chi connectivity index (χ2n) is 2.82. The summed E-state index contributed by atoms with van der Waals surface area (Å²) in [6, 6.07) is 9.43. The molecule has 1 aromatic rings. The molecule has 2 unspecified atom stereocenters. The minimum atomic E-state index is -0.999. The minimum absolute atomic E-state index is 0.0649. The van der Waals surface area contributed by atoms with Crippen LogP contribution in [0.15, 0.2) is 30.3 Å². The molecule has 0 aliphatic carbocycles. The number of rotatable bonds is 1. The van der Waals surface area contributed by atoms with Gasteiger partial charge in [-0.05, 0) is 6.92 Å². The number of benzene rings is 1. The van der Waals surface area contributed by atoms with E-state index in [0.717, 1.165) is 5.56 Å². The third-order valence-corrected chi connectivity index (χ3v) is 2.04. The van der Waals surface area contributed by atoms with E-state index in [1.807, 2.05) is 37.3 Å². The molecular weight excluding hydrogens is 140 g/mol. The first-order valence-electron chi connectivity index (χ1n) is 3.69. The van der Waals surface area contributed by atoms with Crippen molar-refractivity contribution in [2.45, 2.75) is 18.8 Å². The quantitative estimate of drug-likeness (QED) is 0.611. The molecule has 1 N–H and O–H groups in total. The van der Waals surface area contributed by atoms with Crippen LogP contribution >= 0.6 is 0 Å². The van der Waals surface area contributed by atoms with Gasteiger partial charge in [-0.25, -0.2) is 0 Å². The molecule has 1 aromatic carbocycles. The Balaban J connectivity index is 2.32. The van der Waals surface area contributed by atoms with Gasteiger partial charge in [0.05, 0.1) is 0 Å². The monoisotopic (exact) mass is 150 g/mol. The highest BCUT2D eigenvalue weighted by Crippen LogP contribution is 2.42. The molecule has 0 amide bonds. The first-order valence-corrected chi connectivity index (χ1v) is 3.69. The highest BCUT2D eigenvalue weighted by molar-refractivity contribution is 5.24. The van der Waals surface area contributed by atoms with Crippen LogP contribution in [0.3, 0.4) is 0 Å². The summed E-state index contributed by atoms with van der Waals surface area (Å²) in [6.45, 7) is 1.85. The lowest BCUT2D eigenvalue weighted by Gasteiger charge is -2.02. The van der Waals surface area contributed by atoms with Crippen LogP contribution in [0, 0.1) is 0 Å². The summed E-state index contributed by atoms with van der Waals surface area (Å²) in [4.78, 5) is 0. The van der Waals surface area contributed by atoms with Crippen molar-refractivity contribution >= 4 is 0 Å². The van der Waals surface area contributed by atoms with E-state index >= 15 is 0 Å². The van der Waals surface area contributed by atoms with E-state index in [1.165, 1.54) is 0 Å². The lowest BCUT2D eigenvalue weighted by Crippen LogP contribution is -2.09. The third kappa shape index (κ3) is 0.951. The van der Waals surface area contributed by atoms with Gasteiger partial charge in [-0.1, -0.05) is 30.3 Å². The van der Waals surface area contributed by atoms with Crippen molar-refractivity contribution in [3.63, 3.8) is 0 Å². The Morgan fingerprint density at radius 3 is 2.36 bits per heavy atom. The molecule has 1 aliphatic rings. The van der Waals surface area contributed by atoms with Crippen LogP contribution in [0.5, 0.6) is 0 Å². The first kappa shape index (κ1) is 6.83. The maximum absolute atomic E-state index is 9.65. The molecule has 1 aliphatic heterocycles. The van der Waals surface area contributed by atoms with E-state index in [-0.39, 0.29) is 6.10 Å². The molecule has 0 spiro atoms. The van der Waals surface area contributed by atoms with Crippen molar-refractivity contribution in [3.05, 3.63) is 35.9 Å². The molecule has 1 fully saturated rings. The number of aliphatic hydroxyl groups is 1. The topological polar surface area (TPSA) is 32.8 Å². The Morgan fingerprint density at radius 2 is 1.91 bits per heavy atom. The number of hydrogen-bond acceptors (Lipinski definition) is 2. The zero-order valence-corrected chi connectivity index (χ0v) is 6.32. The van der Waals surface area contributed by atoms with Gasteiger partial charge in [0.25, 0.3) is 0 Å². The number of ether oxygens (including phenoxy) is 1. The zero-order chi connectivity index (χ0) is 7.90. The van der Waals surface area contributed by atoms with E-state index < -0.39 is 5.79 Å². The SMILES string of the molecule is CC1OC1(O)c1ccccc1. The second-order valence-corrected chi connectivity index (χ2v) is 2.82. The summed E-state index contributed by atoms with van der Waals surface area (Å²) in [5, 5.41) is 9.65.